The van der Waals surface area contributed by atoms with Crippen molar-refractivity contribution in [1.29, 1.82) is 5.26 Å². The Labute approximate surface area is 138 Å². The molecule has 2 aromatic rings. The summed E-state index contributed by atoms with van der Waals surface area (Å²) in [6.45, 7) is 3.62. The number of carbonyl (C=O) groups excluding carboxylic acids is 1. The number of amides is 1. The lowest BCUT2D eigenvalue weighted by atomic mass is 10.2. The number of benzene rings is 1. The van der Waals surface area contributed by atoms with Gasteiger partial charge in [-0.3, -0.25) is 4.79 Å². The molecule has 124 valence electrons. The third kappa shape index (κ3) is 4.07. The van der Waals surface area contributed by atoms with Crippen LogP contribution in [0.15, 0.2) is 24.4 Å². The van der Waals surface area contributed by atoms with Gasteiger partial charge in [-0.05, 0) is 17.3 Å². The molecule has 9 nitrogen and oxygen atoms in total. The molecular weight excluding hydrogens is 310 g/mol. The lowest BCUT2D eigenvalue weighted by molar-refractivity contribution is -0.118. The quantitative estimate of drug-likeness (QED) is 0.690. The third-order valence-electron chi connectivity index (χ3n) is 3.07. The second-order valence-corrected chi connectivity index (χ2v) is 5.11. The Morgan fingerprint density at radius 1 is 1.46 bits per heavy atom. The molecule has 1 heterocycles. The highest BCUT2D eigenvalue weighted by molar-refractivity contribution is 5.93. The molecule has 0 unspecified atom stereocenters. The highest BCUT2D eigenvalue weighted by Gasteiger charge is 2.11. The summed E-state index contributed by atoms with van der Waals surface area (Å²) in [5, 5.41) is 28.1. The number of aromatic nitrogens is 4. The van der Waals surface area contributed by atoms with Crippen molar-refractivity contribution in [3.8, 4) is 11.8 Å². The van der Waals surface area contributed by atoms with Crippen LogP contribution in [-0.4, -0.2) is 33.6 Å². The summed E-state index contributed by atoms with van der Waals surface area (Å²) in [7, 11) is 1.51. The van der Waals surface area contributed by atoms with Crippen molar-refractivity contribution in [2.24, 2.45) is 5.92 Å². The highest BCUT2D eigenvalue weighted by Crippen LogP contribution is 2.28. The number of methoxy groups -OCH3 is 1. The van der Waals surface area contributed by atoms with E-state index in [1.807, 2.05) is 19.9 Å². The molecule has 9 heteroatoms. The summed E-state index contributed by atoms with van der Waals surface area (Å²) in [4.78, 5) is 11.8. The van der Waals surface area contributed by atoms with Gasteiger partial charge in [-0.2, -0.15) is 10.5 Å². The number of ether oxygens (including phenoxy) is 1. The minimum absolute atomic E-state index is 0.0993. The summed E-state index contributed by atoms with van der Waals surface area (Å²) in [5.41, 5.74) is 1.47. The number of allylic oxidation sites excluding steroid dienone is 1. The van der Waals surface area contributed by atoms with E-state index in [1.165, 1.54) is 13.3 Å². The lowest BCUT2D eigenvalue weighted by Gasteiger charge is -2.13. The van der Waals surface area contributed by atoms with E-state index in [1.54, 1.807) is 18.2 Å². The summed E-state index contributed by atoms with van der Waals surface area (Å²) >= 11 is 0. The predicted octanol–water partition coefficient (Wildman–Crippen LogP) is 1.78. The maximum Gasteiger partial charge on any atom is 0.227 e. The zero-order valence-electron chi connectivity index (χ0n) is 13.5. The molecule has 0 aliphatic carbocycles. The molecule has 0 saturated carbocycles. The second-order valence-electron chi connectivity index (χ2n) is 5.11. The van der Waals surface area contributed by atoms with Crippen LogP contribution in [0, 0.1) is 17.2 Å². The molecule has 3 N–H and O–H groups in total. The first-order valence-corrected chi connectivity index (χ1v) is 7.14. The monoisotopic (exact) mass is 327 g/mol. The normalized spacial score (nSPS) is 11.0. The largest absolute Gasteiger partial charge is 0.494 e. The molecule has 0 aliphatic rings. The van der Waals surface area contributed by atoms with Gasteiger partial charge in [0.15, 0.2) is 0 Å². The van der Waals surface area contributed by atoms with E-state index >= 15 is 0 Å². The Balaban J connectivity index is 2.18. The molecule has 0 atom stereocenters. The van der Waals surface area contributed by atoms with Crippen LogP contribution in [0.5, 0.6) is 5.75 Å². The first-order valence-electron chi connectivity index (χ1n) is 7.14. The molecule has 0 saturated heterocycles. The number of nitrogens with zero attached hydrogens (tertiary/aromatic N) is 4. The van der Waals surface area contributed by atoms with Crippen molar-refractivity contribution in [1.82, 2.24) is 20.6 Å². The zero-order chi connectivity index (χ0) is 17.5. The molecule has 0 aliphatic heterocycles. The smallest absolute Gasteiger partial charge is 0.227 e. The van der Waals surface area contributed by atoms with Crippen molar-refractivity contribution in [3.63, 3.8) is 0 Å². The number of nitrogens with one attached hydrogen (secondary N) is 3. The Morgan fingerprint density at radius 3 is 2.83 bits per heavy atom. The van der Waals surface area contributed by atoms with E-state index in [9.17, 15) is 4.79 Å². The van der Waals surface area contributed by atoms with Gasteiger partial charge in [-0.1, -0.05) is 13.8 Å². The maximum atomic E-state index is 11.8. The van der Waals surface area contributed by atoms with Gasteiger partial charge in [0.05, 0.1) is 12.8 Å². The molecule has 0 fully saturated rings. The number of hydrogen-bond acceptors (Lipinski definition) is 7. The number of H-pyrrole nitrogens is 1. The van der Waals surface area contributed by atoms with Crippen molar-refractivity contribution in [3.05, 3.63) is 30.2 Å². The van der Waals surface area contributed by atoms with Gasteiger partial charge in [0.25, 0.3) is 0 Å². The average molecular weight is 327 g/mol. The number of carbonyl (C=O) groups is 1. The Hall–Kier alpha value is -3.41. The van der Waals surface area contributed by atoms with Crippen LogP contribution >= 0.6 is 0 Å². The first-order chi connectivity index (χ1) is 11.5. The molecular formula is C15H17N7O2. The summed E-state index contributed by atoms with van der Waals surface area (Å²) in [6.07, 6.45) is 1.46. The van der Waals surface area contributed by atoms with E-state index < -0.39 is 0 Å². The number of rotatable bonds is 6. The van der Waals surface area contributed by atoms with Gasteiger partial charge in [0.1, 0.15) is 17.4 Å². The van der Waals surface area contributed by atoms with E-state index in [0.717, 1.165) is 0 Å². The molecule has 0 bridgehead atoms. The maximum absolute atomic E-state index is 11.8. The van der Waals surface area contributed by atoms with Crippen LogP contribution in [0.25, 0.3) is 5.57 Å². The number of tetrazole rings is 1. The van der Waals surface area contributed by atoms with Crippen molar-refractivity contribution < 1.29 is 9.53 Å². The van der Waals surface area contributed by atoms with Gasteiger partial charge in [0.2, 0.25) is 11.7 Å². The van der Waals surface area contributed by atoms with Gasteiger partial charge in [0, 0.05) is 23.9 Å². The number of anilines is 2. The van der Waals surface area contributed by atoms with Crippen LogP contribution < -0.4 is 15.4 Å². The lowest BCUT2D eigenvalue weighted by Crippen LogP contribution is -2.18. The van der Waals surface area contributed by atoms with Gasteiger partial charge < -0.3 is 15.4 Å². The van der Waals surface area contributed by atoms with E-state index in [4.69, 9.17) is 10.00 Å². The van der Waals surface area contributed by atoms with Gasteiger partial charge in [-0.15, -0.1) is 10.2 Å². The predicted molar refractivity (Wildman–Crippen MR) is 87.9 cm³/mol. The van der Waals surface area contributed by atoms with Gasteiger partial charge >= 0.3 is 0 Å². The molecule has 24 heavy (non-hydrogen) atoms. The van der Waals surface area contributed by atoms with Crippen LogP contribution in [0.4, 0.5) is 11.4 Å². The minimum Gasteiger partial charge on any atom is -0.494 e. The fourth-order valence-electron chi connectivity index (χ4n) is 1.74. The fraction of sp³-hybridized carbons (Fsp3) is 0.267. The SMILES string of the molecule is COc1cc(NC=C(C#N)c2nn[nH]n2)ccc1NC(=O)C(C)C. The number of nitriles is 1. The Morgan fingerprint density at radius 2 is 2.25 bits per heavy atom. The van der Waals surface area contributed by atoms with Crippen molar-refractivity contribution >= 4 is 22.9 Å². The van der Waals surface area contributed by atoms with Crippen LogP contribution in [0.1, 0.15) is 19.7 Å². The van der Waals surface area contributed by atoms with Crippen molar-refractivity contribution in [2.75, 3.05) is 17.7 Å². The molecule has 0 spiro atoms. The summed E-state index contributed by atoms with van der Waals surface area (Å²) < 4.78 is 5.29. The first kappa shape index (κ1) is 17.0. The standard InChI is InChI=1S/C15H17N7O2/c1-9(2)15(23)18-12-5-4-11(6-13(12)24-3)17-8-10(7-16)14-19-21-22-20-14/h4-6,8-9,17H,1-3H3,(H,18,23)(H,19,20,21,22). The van der Waals surface area contributed by atoms with E-state index in [0.29, 0.717) is 17.1 Å². The molecule has 1 aromatic heterocycles. The van der Waals surface area contributed by atoms with E-state index in [2.05, 4.69) is 31.3 Å². The van der Waals surface area contributed by atoms with Gasteiger partial charge in [-0.25, -0.2) is 0 Å². The summed E-state index contributed by atoms with van der Waals surface area (Å²) in [6, 6.07) is 7.15. The molecule has 1 amide bonds. The highest BCUT2D eigenvalue weighted by atomic mass is 16.5. The number of hydrogen-bond donors (Lipinski definition) is 3. The summed E-state index contributed by atoms with van der Waals surface area (Å²) in [5.74, 6) is 0.458. The Bertz CT molecular complexity index is 776. The van der Waals surface area contributed by atoms with Crippen LogP contribution in [0.3, 0.4) is 0 Å². The van der Waals surface area contributed by atoms with Crippen LogP contribution in [-0.2, 0) is 4.79 Å². The van der Waals surface area contributed by atoms with Crippen molar-refractivity contribution in [2.45, 2.75) is 13.8 Å². The molecule has 0 radical (unpaired) electrons. The van der Waals surface area contributed by atoms with Crippen LogP contribution in [0.2, 0.25) is 0 Å². The third-order valence-corrected chi connectivity index (χ3v) is 3.07. The molecule has 1 aromatic carbocycles. The zero-order valence-corrected chi connectivity index (χ0v) is 13.5. The Kier molecular flexibility index (Phi) is 5.46. The minimum atomic E-state index is -0.136. The topological polar surface area (TPSA) is 129 Å². The number of aromatic amines is 1. The second kappa shape index (κ2) is 7.73. The average Bonchev–Trinajstić information content (AvgIpc) is 3.10. The molecule has 2 rings (SSSR count). The van der Waals surface area contributed by atoms with E-state index in [-0.39, 0.29) is 23.2 Å². The fourth-order valence-corrected chi connectivity index (χ4v) is 1.74.